The smallest absolute Gasteiger partial charge is 0.326 e. The van der Waals surface area contributed by atoms with Crippen LogP contribution in [-0.2, 0) is 9.59 Å². The molecule has 1 unspecified atom stereocenters. The van der Waals surface area contributed by atoms with Gasteiger partial charge in [-0.2, -0.15) is 0 Å². The molecule has 7 nitrogen and oxygen atoms in total. The van der Waals surface area contributed by atoms with Crippen LogP contribution < -0.4 is 0 Å². The van der Waals surface area contributed by atoms with Crippen LogP contribution in [0.3, 0.4) is 0 Å². The van der Waals surface area contributed by atoms with Crippen LogP contribution >= 0.6 is 11.8 Å². The van der Waals surface area contributed by atoms with Crippen LogP contribution in [0.1, 0.15) is 26.2 Å². The van der Waals surface area contributed by atoms with Crippen LogP contribution in [0.2, 0.25) is 0 Å². The van der Waals surface area contributed by atoms with Crippen LogP contribution in [0.15, 0.2) is 29.2 Å². The summed E-state index contributed by atoms with van der Waals surface area (Å²) < 4.78 is 0. The van der Waals surface area contributed by atoms with E-state index < -0.39 is 22.2 Å². The van der Waals surface area contributed by atoms with E-state index >= 15 is 0 Å². The average Bonchev–Trinajstić information content (AvgIpc) is 2.54. The maximum Gasteiger partial charge on any atom is 0.326 e. The van der Waals surface area contributed by atoms with Gasteiger partial charge in [-0.25, -0.2) is 4.79 Å². The minimum atomic E-state index is -0.967. The minimum Gasteiger partial charge on any atom is -0.480 e. The Labute approximate surface area is 137 Å². The van der Waals surface area contributed by atoms with Crippen molar-refractivity contribution in [2.24, 2.45) is 0 Å². The standard InChI is InChI=1S/C15H18N2O5S/c1-10(23-12-7-5-11(6-8-12)17(21)22)14(18)16-9-3-2-4-13(16)15(19)20/h5-8,10,13H,2-4,9H2,1H3,(H,19,20)/t10?,13-/m1/s1. The normalized spacial score (nSPS) is 19.2. The van der Waals surface area contributed by atoms with Gasteiger partial charge in [-0.05, 0) is 38.3 Å². The van der Waals surface area contributed by atoms with Crippen molar-refractivity contribution >= 4 is 29.3 Å². The van der Waals surface area contributed by atoms with Crippen molar-refractivity contribution in [1.29, 1.82) is 0 Å². The van der Waals surface area contributed by atoms with Crippen LogP contribution in [0.25, 0.3) is 0 Å². The highest BCUT2D eigenvalue weighted by atomic mass is 32.2. The molecule has 1 N–H and O–H groups in total. The van der Waals surface area contributed by atoms with Crippen LogP contribution in [0.5, 0.6) is 0 Å². The van der Waals surface area contributed by atoms with Crippen molar-refractivity contribution in [3.63, 3.8) is 0 Å². The Bertz CT molecular complexity index is 604. The number of hydrogen-bond donors (Lipinski definition) is 1. The van der Waals surface area contributed by atoms with E-state index in [-0.39, 0.29) is 11.6 Å². The molecule has 0 aromatic heterocycles. The van der Waals surface area contributed by atoms with Gasteiger partial charge in [0.2, 0.25) is 5.91 Å². The number of thioether (sulfide) groups is 1. The van der Waals surface area contributed by atoms with Crippen LogP contribution in [0, 0.1) is 10.1 Å². The monoisotopic (exact) mass is 338 g/mol. The van der Waals surface area contributed by atoms with Crippen LogP contribution in [-0.4, -0.2) is 44.6 Å². The molecule has 1 saturated heterocycles. The van der Waals surface area contributed by atoms with Gasteiger partial charge < -0.3 is 10.0 Å². The van der Waals surface area contributed by atoms with E-state index in [1.807, 2.05) is 0 Å². The summed E-state index contributed by atoms with van der Waals surface area (Å²) in [6.45, 7) is 2.18. The van der Waals surface area contributed by atoms with Crippen molar-refractivity contribution in [2.45, 2.75) is 42.4 Å². The first-order chi connectivity index (χ1) is 10.9. The van der Waals surface area contributed by atoms with Gasteiger partial charge in [-0.1, -0.05) is 0 Å². The lowest BCUT2D eigenvalue weighted by Gasteiger charge is -2.34. The lowest BCUT2D eigenvalue weighted by Crippen LogP contribution is -2.50. The summed E-state index contributed by atoms with van der Waals surface area (Å²) in [5.41, 5.74) is -0.00435. The summed E-state index contributed by atoms with van der Waals surface area (Å²) in [6.07, 6.45) is 2.10. The number of likely N-dealkylation sites (tertiary alicyclic amines) is 1. The Balaban J connectivity index is 2.03. The minimum absolute atomic E-state index is 0.00435. The third kappa shape index (κ3) is 4.22. The maximum atomic E-state index is 12.5. The molecule has 0 spiro atoms. The number of rotatable bonds is 5. The van der Waals surface area contributed by atoms with E-state index in [1.165, 1.54) is 28.8 Å². The van der Waals surface area contributed by atoms with E-state index in [1.54, 1.807) is 19.1 Å². The number of carboxylic acids is 1. The molecule has 0 aliphatic carbocycles. The fraction of sp³-hybridized carbons (Fsp3) is 0.467. The number of non-ortho nitro benzene ring substituents is 1. The van der Waals surface area contributed by atoms with Crippen molar-refractivity contribution in [1.82, 2.24) is 4.90 Å². The van der Waals surface area contributed by atoms with E-state index in [4.69, 9.17) is 0 Å². The van der Waals surface area contributed by atoms with Crippen molar-refractivity contribution in [3.05, 3.63) is 34.4 Å². The zero-order valence-electron chi connectivity index (χ0n) is 12.7. The molecule has 2 atom stereocenters. The third-order valence-electron chi connectivity index (χ3n) is 3.78. The van der Waals surface area contributed by atoms with Crippen LogP contribution in [0.4, 0.5) is 5.69 Å². The fourth-order valence-electron chi connectivity index (χ4n) is 2.59. The highest BCUT2D eigenvalue weighted by Crippen LogP contribution is 2.28. The van der Waals surface area contributed by atoms with Gasteiger partial charge in [-0.3, -0.25) is 14.9 Å². The number of carbonyl (C=O) groups excluding carboxylic acids is 1. The molecule has 23 heavy (non-hydrogen) atoms. The largest absolute Gasteiger partial charge is 0.480 e. The van der Waals surface area contributed by atoms with E-state index in [0.717, 1.165) is 17.7 Å². The van der Waals surface area contributed by atoms with Crippen molar-refractivity contribution in [2.75, 3.05) is 6.54 Å². The number of amides is 1. The first kappa shape index (κ1) is 17.3. The maximum absolute atomic E-state index is 12.5. The molecule has 124 valence electrons. The number of aliphatic carboxylic acids is 1. The van der Waals surface area contributed by atoms with E-state index in [9.17, 15) is 24.8 Å². The Morgan fingerprint density at radius 2 is 2.00 bits per heavy atom. The Morgan fingerprint density at radius 3 is 2.57 bits per heavy atom. The van der Waals surface area contributed by atoms with E-state index in [2.05, 4.69) is 0 Å². The van der Waals surface area contributed by atoms with Gasteiger partial charge in [-0.15, -0.1) is 11.8 Å². The highest BCUT2D eigenvalue weighted by molar-refractivity contribution is 8.00. The summed E-state index contributed by atoms with van der Waals surface area (Å²) >= 11 is 1.27. The second kappa shape index (κ2) is 7.45. The summed E-state index contributed by atoms with van der Waals surface area (Å²) in [5, 5.41) is 19.4. The number of carboxylic acid groups (broad SMARTS) is 1. The number of nitro groups is 1. The summed E-state index contributed by atoms with van der Waals surface area (Å²) in [6, 6.07) is 5.21. The predicted molar refractivity (Wildman–Crippen MR) is 85.4 cm³/mol. The van der Waals surface area contributed by atoms with Gasteiger partial charge in [0.1, 0.15) is 6.04 Å². The summed E-state index contributed by atoms with van der Waals surface area (Å²) in [5.74, 6) is -1.17. The molecule has 2 rings (SSSR count). The number of piperidine rings is 1. The van der Waals surface area contributed by atoms with Gasteiger partial charge in [0.05, 0.1) is 10.2 Å². The molecule has 0 saturated carbocycles. The van der Waals surface area contributed by atoms with Gasteiger partial charge in [0, 0.05) is 23.6 Å². The zero-order chi connectivity index (χ0) is 17.0. The summed E-state index contributed by atoms with van der Waals surface area (Å²) in [4.78, 5) is 36.1. The number of carbonyl (C=O) groups is 2. The SMILES string of the molecule is CC(Sc1ccc([N+](=O)[O-])cc1)C(=O)N1CCCC[C@@H]1C(=O)O. The average molecular weight is 338 g/mol. The van der Waals surface area contributed by atoms with Gasteiger partial charge >= 0.3 is 5.97 Å². The lowest BCUT2D eigenvalue weighted by atomic mass is 10.0. The third-order valence-corrected chi connectivity index (χ3v) is 4.88. The molecule has 0 radical (unpaired) electrons. The quantitative estimate of drug-likeness (QED) is 0.503. The zero-order valence-corrected chi connectivity index (χ0v) is 13.5. The molecule has 0 bridgehead atoms. The number of benzene rings is 1. The Morgan fingerprint density at radius 1 is 1.35 bits per heavy atom. The number of nitrogens with zero attached hydrogens (tertiary/aromatic N) is 2. The molecular weight excluding hydrogens is 320 g/mol. The first-order valence-electron chi connectivity index (χ1n) is 7.34. The van der Waals surface area contributed by atoms with Gasteiger partial charge in [0.25, 0.3) is 5.69 Å². The molecule has 8 heteroatoms. The molecule has 1 heterocycles. The van der Waals surface area contributed by atoms with Crippen molar-refractivity contribution in [3.8, 4) is 0 Å². The molecular formula is C15H18N2O5S. The molecule has 1 fully saturated rings. The number of hydrogen-bond acceptors (Lipinski definition) is 5. The Hall–Kier alpha value is -2.09. The second-order valence-electron chi connectivity index (χ2n) is 5.39. The van der Waals surface area contributed by atoms with Gasteiger partial charge in [0.15, 0.2) is 0 Å². The second-order valence-corrected chi connectivity index (χ2v) is 6.81. The predicted octanol–water partition coefficient (Wildman–Crippen LogP) is 2.54. The molecule has 1 aromatic carbocycles. The molecule has 1 aliphatic rings. The number of nitro benzene ring substituents is 1. The molecule has 1 aliphatic heterocycles. The molecule has 1 aromatic rings. The molecule has 1 amide bonds. The summed E-state index contributed by atoms with van der Waals surface area (Å²) in [7, 11) is 0. The Kier molecular flexibility index (Phi) is 5.59. The first-order valence-corrected chi connectivity index (χ1v) is 8.22. The lowest BCUT2D eigenvalue weighted by molar-refractivity contribution is -0.384. The van der Waals surface area contributed by atoms with Crippen molar-refractivity contribution < 1.29 is 19.6 Å². The fourth-order valence-corrected chi connectivity index (χ4v) is 3.52. The highest BCUT2D eigenvalue weighted by Gasteiger charge is 2.34. The topological polar surface area (TPSA) is 101 Å². The van der Waals surface area contributed by atoms with E-state index in [0.29, 0.717) is 13.0 Å².